The Hall–Kier alpha value is -0.410. The zero-order valence-electron chi connectivity index (χ0n) is 8.82. The van der Waals surface area contributed by atoms with E-state index >= 15 is 0 Å². The van der Waals surface area contributed by atoms with Crippen LogP contribution in [-0.4, -0.2) is 13.1 Å². The van der Waals surface area contributed by atoms with Gasteiger partial charge in [0.2, 0.25) is 0 Å². The van der Waals surface area contributed by atoms with E-state index in [2.05, 4.69) is 21.2 Å². The van der Waals surface area contributed by atoms with Crippen LogP contribution in [0.3, 0.4) is 0 Å². The van der Waals surface area contributed by atoms with Gasteiger partial charge in [0.1, 0.15) is 5.82 Å². The molecular formula is C12H15BrFN. The zero-order chi connectivity index (χ0) is 10.8. The van der Waals surface area contributed by atoms with E-state index in [4.69, 9.17) is 0 Å². The Morgan fingerprint density at radius 2 is 2.00 bits per heavy atom. The van der Waals surface area contributed by atoms with Gasteiger partial charge in [-0.2, -0.15) is 0 Å². The van der Waals surface area contributed by atoms with Crippen molar-refractivity contribution < 1.29 is 4.39 Å². The highest BCUT2D eigenvalue weighted by Crippen LogP contribution is 2.31. The van der Waals surface area contributed by atoms with Gasteiger partial charge in [-0.25, -0.2) is 4.39 Å². The molecule has 1 fully saturated rings. The van der Waals surface area contributed by atoms with Crippen molar-refractivity contribution in [3.63, 3.8) is 0 Å². The van der Waals surface area contributed by atoms with Crippen LogP contribution in [0.1, 0.15) is 29.9 Å². The minimum absolute atomic E-state index is 0.0312. The van der Waals surface area contributed by atoms with Crippen molar-refractivity contribution in [3.8, 4) is 0 Å². The smallest absolute Gasteiger partial charge is 0.130 e. The summed E-state index contributed by atoms with van der Waals surface area (Å²) in [6.45, 7) is 3.82. The van der Waals surface area contributed by atoms with Gasteiger partial charge in [-0.15, -0.1) is 0 Å². The molecule has 3 heteroatoms. The molecule has 1 aromatic carbocycles. The van der Waals surface area contributed by atoms with E-state index in [-0.39, 0.29) is 5.82 Å². The van der Waals surface area contributed by atoms with E-state index < -0.39 is 0 Å². The maximum absolute atomic E-state index is 14.0. The van der Waals surface area contributed by atoms with Crippen molar-refractivity contribution in [2.75, 3.05) is 13.1 Å². The Balaban J connectivity index is 2.31. The fourth-order valence-corrected chi connectivity index (χ4v) is 2.44. The summed E-state index contributed by atoms with van der Waals surface area (Å²) >= 11 is 3.35. The van der Waals surface area contributed by atoms with E-state index in [1.807, 2.05) is 19.1 Å². The molecule has 0 unspecified atom stereocenters. The third kappa shape index (κ3) is 2.23. The second-order valence-corrected chi connectivity index (χ2v) is 4.95. The Labute approximate surface area is 98.2 Å². The molecule has 1 saturated heterocycles. The van der Waals surface area contributed by atoms with Gasteiger partial charge < -0.3 is 5.32 Å². The molecule has 0 radical (unpaired) electrons. The zero-order valence-corrected chi connectivity index (χ0v) is 10.4. The average molecular weight is 272 g/mol. The lowest BCUT2D eigenvalue weighted by molar-refractivity contribution is 0.444. The predicted molar refractivity (Wildman–Crippen MR) is 63.7 cm³/mol. The van der Waals surface area contributed by atoms with Gasteiger partial charge in [-0.1, -0.05) is 22.0 Å². The molecule has 0 aliphatic carbocycles. The third-order valence-corrected chi connectivity index (χ3v) is 3.99. The van der Waals surface area contributed by atoms with Crippen molar-refractivity contribution >= 4 is 15.9 Å². The van der Waals surface area contributed by atoms with Crippen LogP contribution in [0.15, 0.2) is 16.6 Å². The van der Waals surface area contributed by atoms with Gasteiger partial charge in [0.05, 0.1) is 0 Å². The summed E-state index contributed by atoms with van der Waals surface area (Å²) in [4.78, 5) is 0. The molecule has 0 spiro atoms. The van der Waals surface area contributed by atoms with Gasteiger partial charge >= 0.3 is 0 Å². The largest absolute Gasteiger partial charge is 0.317 e. The lowest BCUT2D eigenvalue weighted by atomic mass is 9.89. The Morgan fingerprint density at radius 1 is 1.33 bits per heavy atom. The first-order chi connectivity index (χ1) is 7.20. The summed E-state index contributed by atoms with van der Waals surface area (Å²) in [6, 6.07) is 3.87. The molecule has 1 N–H and O–H groups in total. The molecule has 0 saturated carbocycles. The number of benzene rings is 1. The monoisotopic (exact) mass is 271 g/mol. The van der Waals surface area contributed by atoms with Gasteiger partial charge in [-0.05, 0) is 56.0 Å². The molecule has 1 nitrogen and oxygen atoms in total. The molecule has 0 amide bonds. The highest BCUT2D eigenvalue weighted by atomic mass is 79.9. The predicted octanol–water partition coefficient (Wildman–Crippen LogP) is 3.36. The first-order valence-electron chi connectivity index (χ1n) is 5.35. The summed E-state index contributed by atoms with van der Waals surface area (Å²) in [5.74, 6) is 0.356. The lowest BCUT2D eigenvalue weighted by Gasteiger charge is -2.24. The summed E-state index contributed by atoms with van der Waals surface area (Å²) in [7, 11) is 0. The lowest BCUT2D eigenvalue weighted by Crippen LogP contribution is -2.27. The molecule has 1 aromatic rings. The molecule has 15 heavy (non-hydrogen) atoms. The second kappa shape index (κ2) is 4.62. The Bertz CT molecular complexity index is 359. The number of hydrogen-bond acceptors (Lipinski definition) is 1. The number of rotatable bonds is 1. The minimum Gasteiger partial charge on any atom is -0.317 e. The van der Waals surface area contributed by atoms with Crippen LogP contribution < -0.4 is 5.32 Å². The Morgan fingerprint density at radius 3 is 2.67 bits per heavy atom. The summed E-state index contributed by atoms with van der Waals surface area (Å²) in [6.07, 6.45) is 2.08. The number of hydrogen-bond donors (Lipinski definition) is 1. The summed E-state index contributed by atoms with van der Waals surface area (Å²) in [5, 5.41) is 3.30. The van der Waals surface area contributed by atoms with Crippen molar-refractivity contribution in [2.45, 2.75) is 25.7 Å². The first-order valence-corrected chi connectivity index (χ1v) is 6.14. The molecular weight excluding hydrogens is 257 g/mol. The van der Waals surface area contributed by atoms with Crippen LogP contribution in [0.2, 0.25) is 0 Å². The van der Waals surface area contributed by atoms with Crippen LogP contribution in [-0.2, 0) is 0 Å². The van der Waals surface area contributed by atoms with E-state index in [0.29, 0.717) is 5.92 Å². The fourth-order valence-electron chi connectivity index (χ4n) is 2.13. The average Bonchev–Trinajstić information content (AvgIpc) is 2.27. The van der Waals surface area contributed by atoms with E-state index in [9.17, 15) is 4.39 Å². The van der Waals surface area contributed by atoms with Gasteiger partial charge in [0, 0.05) is 4.47 Å². The quantitative estimate of drug-likeness (QED) is 0.826. The van der Waals surface area contributed by atoms with E-state index in [1.54, 1.807) is 0 Å². The third-order valence-electron chi connectivity index (χ3n) is 3.13. The van der Waals surface area contributed by atoms with Crippen LogP contribution in [0.25, 0.3) is 0 Å². The molecule has 1 aliphatic rings. The normalized spacial score (nSPS) is 18.1. The molecule has 2 rings (SSSR count). The number of nitrogens with one attached hydrogen (secondary N) is 1. The first kappa shape index (κ1) is 11.1. The van der Waals surface area contributed by atoms with Crippen LogP contribution in [0, 0.1) is 12.7 Å². The maximum Gasteiger partial charge on any atom is 0.130 e. The van der Waals surface area contributed by atoms with Gasteiger partial charge in [-0.3, -0.25) is 0 Å². The standard InChI is InChI=1S/C12H15BrFN/c1-8-11(13)3-2-10(12(8)14)9-4-6-15-7-5-9/h2-3,9,15H,4-7H2,1H3. The topological polar surface area (TPSA) is 12.0 Å². The summed E-state index contributed by atoms with van der Waals surface area (Å²) < 4.78 is 14.9. The van der Waals surface area contributed by atoms with Crippen molar-refractivity contribution in [1.82, 2.24) is 5.32 Å². The molecule has 1 aliphatic heterocycles. The molecule has 82 valence electrons. The Kier molecular flexibility index (Phi) is 3.42. The van der Waals surface area contributed by atoms with Crippen molar-refractivity contribution in [3.05, 3.63) is 33.5 Å². The van der Waals surface area contributed by atoms with Crippen molar-refractivity contribution in [2.24, 2.45) is 0 Å². The SMILES string of the molecule is Cc1c(Br)ccc(C2CCNCC2)c1F. The molecule has 0 atom stereocenters. The fraction of sp³-hybridized carbons (Fsp3) is 0.500. The number of piperidine rings is 1. The molecule has 0 aromatic heterocycles. The second-order valence-electron chi connectivity index (χ2n) is 4.10. The van der Waals surface area contributed by atoms with Crippen LogP contribution in [0.4, 0.5) is 4.39 Å². The minimum atomic E-state index is -0.0312. The van der Waals surface area contributed by atoms with Crippen LogP contribution >= 0.6 is 15.9 Å². The van der Waals surface area contributed by atoms with Crippen LogP contribution in [0.5, 0.6) is 0 Å². The van der Waals surface area contributed by atoms with Gasteiger partial charge in [0.15, 0.2) is 0 Å². The summed E-state index contributed by atoms with van der Waals surface area (Å²) in [5.41, 5.74) is 1.61. The number of halogens is 2. The highest BCUT2D eigenvalue weighted by molar-refractivity contribution is 9.10. The van der Waals surface area contributed by atoms with Crippen molar-refractivity contribution in [1.29, 1.82) is 0 Å². The highest BCUT2D eigenvalue weighted by Gasteiger charge is 2.19. The van der Waals surface area contributed by atoms with E-state index in [1.165, 1.54) is 0 Å². The molecule has 1 heterocycles. The van der Waals surface area contributed by atoms with Gasteiger partial charge in [0.25, 0.3) is 0 Å². The molecule has 0 bridgehead atoms. The maximum atomic E-state index is 14.0. The van der Waals surface area contributed by atoms with E-state index in [0.717, 1.165) is 41.5 Å².